The zero-order chi connectivity index (χ0) is 28.4. The van der Waals surface area contributed by atoms with Crippen molar-refractivity contribution < 1.29 is 14.3 Å². The zero-order valence-corrected chi connectivity index (χ0v) is 23.3. The first kappa shape index (κ1) is 27.4. The van der Waals surface area contributed by atoms with Crippen LogP contribution in [0.5, 0.6) is 11.5 Å². The quantitative estimate of drug-likeness (QED) is 0.345. The minimum atomic E-state index is -0.509. The molecule has 40 heavy (non-hydrogen) atoms. The standard InChI is InChI=1S/C26H26Cl2N8O4/c1-39-18-10-19(40-2)23(28)25(22(18)27)36-20(37)7-6-16(33-36)24-26(29)30-12-17(32-24)15-11-31-35(13-15)14-21(38)34-8-4-3-5-9-34/h6-7,10-13H,3-5,8-9,14H2,1-2H3,(H2,29,30). The van der Waals surface area contributed by atoms with Gasteiger partial charge in [-0.25, -0.2) is 9.97 Å². The number of carbonyl (C=O) groups excluding carboxylic acids is 1. The molecular weight excluding hydrogens is 559 g/mol. The number of piperidine rings is 1. The maximum atomic E-state index is 12.9. The highest BCUT2D eigenvalue weighted by molar-refractivity contribution is 6.39. The van der Waals surface area contributed by atoms with Crippen LogP contribution in [0.25, 0.3) is 28.3 Å². The lowest BCUT2D eigenvalue weighted by atomic mass is 10.1. The van der Waals surface area contributed by atoms with Gasteiger partial charge in [-0.3, -0.25) is 14.3 Å². The average molecular weight is 585 g/mol. The third-order valence-electron chi connectivity index (χ3n) is 6.54. The highest BCUT2D eigenvalue weighted by Crippen LogP contribution is 2.42. The average Bonchev–Trinajstić information content (AvgIpc) is 3.43. The molecule has 3 aromatic heterocycles. The molecule has 1 aromatic carbocycles. The number of aromatic nitrogens is 6. The van der Waals surface area contributed by atoms with E-state index in [0.717, 1.165) is 37.0 Å². The summed E-state index contributed by atoms with van der Waals surface area (Å²) in [7, 11) is 2.86. The molecule has 4 aromatic rings. The lowest BCUT2D eigenvalue weighted by Gasteiger charge is -2.26. The van der Waals surface area contributed by atoms with Gasteiger partial charge >= 0.3 is 0 Å². The Morgan fingerprint density at radius 2 is 1.73 bits per heavy atom. The van der Waals surface area contributed by atoms with E-state index < -0.39 is 5.56 Å². The van der Waals surface area contributed by atoms with Gasteiger partial charge in [0.2, 0.25) is 5.91 Å². The van der Waals surface area contributed by atoms with Crippen molar-refractivity contribution in [3.05, 3.63) is 57.2 Å². The van der Waals surface area contributed by atoms with Gasteiger partial charge in [-0.2, -0.15) is 14.9 Å². The Bertz CT molecular complexity index is 1600. The van der Waals surface area contributed by atoms with Gasteiger partial charge in [-0.15, -0.1) is 0 Å². The number of nitrogens with two attached hydrogens (primary N) is 1. The number of nitrogen functional groups attached to an aromatic ring is 1. The van der Waals surface area contributed by atoms with Crippen molar-refractivity contribution in [3.8, 4) is 39.8 Å². The number of halogens is 2. The SMILES string of the molecule is COc1cc(OC)c(Cl)c(-n2nc(-c3nc(-c4cnn(CC(=O)N5CCCCC5)c4)cnc3N)ccc2=O)c1Cl. The van der Waals surface area contributed by atoms with Crippen LogP contribution >= 0.6 is 23.2 Å². The van der Waals surface area contributed by atoms with E-state index in [1.807, 2.05) is 4.90 Å². The summed E-state index contributed by atoms with van der Waals surface area (Å²) in [5, 5.41) is 8.91. The maximum absolute atomic E-state index is 12.9. The molecule has 1 aliphatic heterocycles. The fourth-order valence-electron chi connectivity index (χ4n) is 4.45. The zero-order valence-electron chi connectivity index (χ0n) is 21.8. The Kier molecular flexibility index (Phi) is 7.90. The van der Waals surface area contributed by atoms with Crippen LogP contribution in [0, 0.1) is 0 Å². The second-order valence-electron chi connectivity index (χ2n) is 9.08. The Labute approximate surface area is 239 Å². The van der Waals surface area contributed by atoms with Gasteiger partial charge in [0, 0.05) is 37.0 Å². The van der Waals surface area contributed by atoms with E-state index in [9.17, 15) is 9.59 Å². The summed E-state index contributed by atoms with van der Waals surface area (Å²) in [6.07, 6.45) is 8.01. The molecule has 0 saturated carbocycles. The van der Waals surface area contributed by atoms with Crippen molar-refractivity contribution in [2.24, 2.45) is 0 Å². The van der Waals surface area contributed by atoms with E-state index in [0.29, 0.717) is 11.3 Å². The number of ether oxygens (including phenoxy) is 2. The molecule has 1 saturated heterocycles. The summed E-state index contributed by atoms with van der Waals surface area (Å²) in [5.74, 6) is 0.606. The largest absolute Gasteiger partial charge is 0.495 e. The third kappa shape index (κ3) is 5.32. The summed E-state index contributed by atoms with van der Waals surface area (Å²) in [4.78, 5) is 36.3. The van der Waals surface area contributed by atoms with E-state index in [-0.39, 0.29) is 56.9 Å². The second kappa shape index (κ2) is 11.5. The van der Waals surface area contributed by atoms with Crippen LogP contribution in [0.1, 0.15) is 19.3 Å². The number of hydrogen-bond donors (Lipinski definition) is 1. The molecule has 14 heteroatoms. The first-order valence-electron chi connectivity index (χ1n) is 12.4. The van der Waals surface area contributed by atoms with Crippen molar-refractivity contribution in [2.45, 2.75) is 25.8 Å². The van der Waals surface area contributed by atoms with Crippen LogP contribution in [-0.4, -0.2) is 67.6 Å². The van der Waals surface area contributed by atoms with Crippen LogP contribution in [0.3, 0.4) is 0 Å². The van der Waals surface area contributed by atoms with Crippen molar-refractivity contribution in [2.75, 3.05) is 33.0 Å². The highest BCUT2D eigenvalue weighted by atomic mass is 35.5. The molecule has 0 aliphatic carbocycles. The van der Waals surface area contributed by atoms with Gasteiger partial charge in [0.25, 0.3) is 5.56 Å². The van der Waals surface area contributed by atoms with Gasteiger partial charge in [-0.05, 0) is 25.3 Å². The molecule has 2 N–H and O–H groups in total. The van der Waals surface area contributed by atoms with Crippen molar-refractivity contribution in [1.29, 1.82) is 0 Å². The van der Waals surface area contributed by atoms with Crippen LogP contribution in [0.4, 0.5) is 5.82 Å². The number of nitrogens with zero attached hydrogens (tertiary/aromatic N) is 7. The molecule has 208 valence electrons. The molecule has 0 spiro atoms. The number of rotatable bonds is 7. The predicted octanol–water partition coefficient (Wildman–Crippen LogP) is 3.47. The fraction of sp³-hybridized carbons (Fsp3) is 0.308. The van der Waals surface area contributed by atoms with Crippen molar-refractivity contribution in [1.82, 2.24) is 34.4 Å². The van der Waals surface area contributed by atoms with E-state index in [1.54, 1.807) is 17.1 Å². The van der Waals surface area contributed by atoms with Gasteiger partial charge < -0.3 is 20.1 Å². The van der Waals surface area contributed by atoms with Gasteiger partial charge in [0.1, 0.15) is 45.2 Å². The number of methoxy groups -OCH3 is 2. The van der Waals surface area contributed by atoms with Crippen LogP contribution in [-0.2, 0) is 11.3 Å². The fourth-order valence-corrected chi connectivity index (χ4v) is 5.11. The molecule has 0 radical (unpaired) electrons. The summed E-state index contributed by atoms with van der Waals surface area (Å²) >= 11 is 13.0. The summed E-state index contributed by atoms with van der Waals surface area (Å²) < 4.78 is 13.2. The molecular formula is C26H26Cl2N8O4. The molecule has 4 heterocycles. The molecule has 0 bridgehead atoms. The molecule has 1 aliphatic rings. The Morgan fingerprint density at radius 3 is 2.40 bits per heavy atom. The second-order valence-corrected chi connectivity index (χ2v) is 9.84. The number of benzene rings is 1. The summed E-state index contributed by atoms with van der Waals surface area (Å²) in [6, 6.07) is 4.28. The molecule has 0 unspecified atom stereocenters. The minimum Gasteiger partial charge on any atom is -0.495 e. The smallest absolute Gasteiger partial charge is 0.271 e. The lowest BCUT2D eigenvalue weighted by Crippen LogP contribution is -2.37. The summed E-state index contributed by atoms with van der Waals surface area (Å²) in [6.45, 7) is 1.68. The summed E-state index contributed by atoms with van der Waals surface area (Å²) in [5.41, 5.74) is 7.30. The number of hydrogen-bond acceptors (Lipinski definition) is 9. The Balaban J connectivity index is 1.49. The number of likely N-dealkylation sites (tertiary alicyclic amines) is 1. The molecule has 12 nitrogen and oxygen atoms in total. The monoisotopic (exact) mass is 584 g/mol. The topological polar surface area (TPSA) is 143 Å². The van der Waals surface area contributed by atoms with Crippen molar-refractivity contribution in [3.63, 3.8) is 0 Å². The lowest BCUT2D eigenvalue weighted by molar-refractivity contribution is -0.132. The van der Waals surface area contributed by atoms with Gasteiger partial charge in [0.05, 0.1) is 32.3 Å². The minimum absolute atomic E-state index is 0.0244. The Hall–Kier alpha value is -4.16. The first-order valence-corrected chi connectivity index (χ1v) is 13.2. The highest BCUT2D eigenvalue weighted by Gasteiger charge is 2.22. The van der Waals surface area contributed by atoms with E-state index in [2.05, 4.69) is 20.2 Å². The van der Waals surface area contributed by atoms with Crippen molar-refractivity contribution >= 4 is 34.9 Å². The number of anilines is 1. The third-order valence-corrected chi connectivity index (χ3v) is 7.27. The van der Waals surface area contributed by atoms with Crippen LogP contribution in [0.15, 0.2) is 41.6 Å². The van der Waals surface area contributed by atoms with Gasteiger partial charge in [-0.1, -0.05) is 23.2 Å². The van der Waals surface area contributed by atoms with Crippen LogP contribution < -0.4 is 20.8 Å². The predicted molar refractivity (Wildman–Crippen MR) is 150 cm³/mol. The van der Waals surface area contributed by atoms with E-state index in [4.69, 9.17) is 38.4 Å². The van der Waals surface area contributed by atoms with E-state index >= 15 is 0 Å². The maximum Gasteiger partial charge on any atom is 0.271 e. The molecule has 0 atom stereocenters. The molecule has 1 fully saturated rings. The number of carbonyl (C=O) groups is 1. The Morgan fingerprint density at radius 1 is 1.02 bits per heavy atom. The molecule has 1 amide bonds. The van der Waals surface area contributed by atoms with E-state index in [1.165, 1.54) is 38.6 Å². The molecule has 5 rings (SSSR count). The van der Waals surface area contributed by atoms with Crippen LogP contribution in [0.2, 0.25) is 10.0 Å². The normalized spacial score (nSPS) is 13.3. The number of amides is 1. The first-order chi connectivity index (χ1) is 19.3. The van der Waals surface area contributed by atoms with Gasteiger partial charge in [0.15, 0.2) is 5.82 Å².